The Bertz CT molecular complexity index is 797. The van der Waals surface area contributed by atoms with Crippen molar-refractivity contribution in [2.75, 3.05) is 6.54 Å². The van der Waals surface area contributed by atoms with Crippen molar-refractivity contribution < 1.29 is 17.9 Å². The highest BCUT2D eigenvalue weighted by molar-refractivity contribution is 7.89. The Hall–Kier alpha value is -1.77. The fourth-order valence-corrected chi connectivity index (χ4v) is 4.50. The second-order valence-corrected chi connectivity index (χ2v) is 7.61. The second-order valence-electron chi connectivity index (χ2n) is 5.77. The van der Waals surface area contributed by atoms with Crippen molar-refractivity contribution in [2.24, 2.45) is 7.05 Å². The molecule has 0 unspecified atom stereocenters. The third-order valence-electron chi connectivity index (χ3n) is 4.15. The standard InChI is InChI=1S/C15H18FN3O3S/c1-10-17-15(9-18(10)2)23(21,22)19-8-13(20)7-14(19)11-3-5-12(16)6-4-11/h3-6,9,13-14,20H,7-8H2,1-2H3/t13-,14+/m0/s1. The van der Waals surface area contributed by atoms with Crippen LogP contribution in [0.25, 0.3) is 0 Å². The molecule has 3 rings (SSSR count). The minimum Gasteiger partial charge on any atom is -0.392 e. The van der Waals surface area contributed by atoms with Gasteiger partial charge in [0.05, 0.1) is 12.1 Å². The molecule has 8 heteroatoms. The summed E-state index contributed by atoms with van der Waals surface area (Å²) in [6.45, 7) is 1.72. The first-order chi connectivity index (χ1) is 10.8. The van der Waals surface area contributed by atoms with Gasteiger partial charge in [-0.2, -0.15) is 4.31 Å². The van der Waals surface area contributed by atoms with Crippen LogP contribution in [-0.2, 0) is 17.1 Å². The molecule has 1 fully saturated rings. The minimum atomic E-state index is -3.83. The van der Waals surface area contributed by atoms with Gasteiger partial charge in [0.2, 0.25) is 0 Å². The monoisotopic (exact) mass is 339 g/mol. The number of imidazole rings is 1. The maximum absolute atomic E-state index is 13.1. The molecule has 1 aromatic carbocycles. The number of aromatic nitrogens is 2. The summed E-state index contributed by atoms with van der Waals surface area (Å²) in [6.07, 6.45) is 0.970. The molecule has 0 radical (unpaired) electrons. The number of rotatable bonds is 3. The third-order valence-corrected chi connectivity index (χ3v) is 5.89. The van der Waals surface area contributed by atoms with Crippen LogP contribution in [0, 0.1) is 12.7 Å². The molecule has 0 aliphatic carbocycles. The quantitative estimate of drug-likeness (QED) is 0.916. The first kappa shape index (κ1) is 16.1. The van der Waals surface area contributed by atoms with Crippen LogP contribution < -0.4 is 0 Å². The summed E-state index contributed by atoms with van der Waals surface area (Å²) in [7, 11) is -2.11. The number of aliphatic hydroxyl groups is 1. The largest absolute Gasteiger partial charge is 0.392 e. The zero-order valence-electron chi connectivity index (χ0n) is 12.8. The van der Waals surface area contributed by atoms with Gasteiger partial charge < -0.3 is 9.67 Å². The average Bonchev–Trinajstić information content (AvgIpc) is 3.04. The molecule has 0 spiro atoms. The Morgan fingerprint density at radius 3 is 2.52 bits per heavy atom. The van der Waals surface area contributed by atoms with Crippen LogP contribution in [0.1, 0.15) is 23.9 Å². The Morgan fingerprint density at radius 1 is 1.30 bits per heavy atom. The Kier molecular flexibility index (Phi) is 3.99. The normalized spacial score (nSPS) is 22.6. The summed E-state index contributed by atoms with van der Waals surface area (Å²) in [6, 6.07) is 5.14. The molecular weight excluding hydrogens is 321 g/mol. The highest BCUT2D eigenvalue weighted by atomic mass is 32.2. The van der Waals surface area contributed by atoms with E-state index in [9.17, 15) is 17.9 Å². The highest BCUT2D eigenvalue weighted by Crippen LogP contribution is 2.36. The maximum Gasteiger partial charge on any atom is 0.262 e. The van der Waals surface area contributed by atoms with Gasteiger partial charge in [-0.25, -0.2) is 17.8 Å². The fourth-order valence-electron chi connectivity index (χ4n) is 2.81. The molecule has 0 saturated carbocycles. The first-order valence-corrected chi connectivity index (χ1v) is 8.68. The molecule has 124 valence electrons. The summed E-state index contributed by atoms with van der Waals surface area (Å²) in [5, 5.41) is 9.91. The molecule has 2 aromatic rings. The topological polar surface area (TPSA) is 75.4 Å². The lowest BCUT2D eigenvalue weighted by Gasteiger charge is -2.23. The molecule has 2 atom stereocenters. The van der Waals surface area contributed by atoms with Gasteiger partial charge in [-0.15, -0.1) is 0 Å². The molecule has 0 bridgehead atoms. The van der Waals surface area contributed by atoms with Gasteiger partial charge in [0.1, 0.15) is 11.6 Å². The molecule has 0 amide bonds. The molecule has 1 saturated heterocycles. The molecular formula is C15H18FN3O3S. The van der Waals surface area contributed by atoms with E-state index >= 15 is 0 Å². The van der Waals surface area contributed by atoms with Gasteiger partial charge in [-0.1, -0.05) is 12.1 Å². The number of halogens is 1. The summed E-state index contributed by atoms with van der Waals surface area (Å²) >= 11 is 0. The van der Waals surface area contributed by atoms with E-state index in [1.165, 1.54) is 22.6 Å². The molecule has 23 heavy (non-hydrogen) atoms. The molecule has 1 aromatic heterocycles. The Morgan fingerprint density at radius 2 is 1.96 bits per heavy atom. The Balaban J connectivity index is 2.00. The van der Waals surface area contributed by atoms with Gasteiger partial charge in [0.25, 0.3) is 10.0 Å². The van der Waals surface area contributed by atoms with Crippen LogP contribution in [0.3, 0.4) is 0 Å². The lowest BCUT2D eigenvalue weighted by molar-refractivity contribution is 0.188. The van der Waals surface area contributed by atoms with Crippen molar-refractivity contribution in [3.63, 3.8) is 0 Å². The van der Waals surface area contributed by atoms with Crippen LogP contribution in [-0.4, -0.2) is 40.0 Å². The number of aryl methyl sites for hydroxylation is 2. The van der Waals surface area contributed by atoms with Gasteiger partial charge in [-0.05, 0) is 31.0 Å². The number of aliphatic hydroxyl groups excluding tert-OH is 1. The summed E-state index contributed by atoms with van der Waals surface area (Å²) in [5.41, 5.74) is 0.652. The highest BCUT2D eigenvalue weighted by Gasteiger charge is 2.41. The predicted octanol–water partition coefficient (Wildman–Crippen LogP) is 1.36. The van der Waals surface area contributed by atoms with Crippen LogP contribution in [0.4, 0.5) is 4.39 Å². The third kappa shape index (κ3) is 2.89. The molecule has 6 nitrogen and oxygen atoms in total. The van der Waals surface area contributed by atoms with Crippen LogP contribution in [0.15, 0.2) is 35.5 Å². The number of sulfonamides is 1. The van der Waals surface area contributed by atoms with Crippen molar-refractivity contribution in [1.29, 1.82) is 0 Å². The van der Waals surface area contributed by atoms with Crippen LogP contribution in [0.5, 0.6) is 0 Å². The van der Waals surface area contributed by atoms with E-state index in [0.717, 1.165) is 0 Å². The molecule has 2 heterocycles. The fraction of sp³-hybridized carbons (Fsp3) is 0.400. The molecule has 1 N–H and O–H groups in total. The first-order valence-electron chi connectivity index (χ1n) is 7.24. The van der Waals surface area contributed by atoms with E-state index in [0.29, 0.717) is 11.4 Å². The maximum atomic E-state index is 13.1. The zero-order valence-corrected chi connectivity index (χ0v) is 13.7. The van der Waals surface area contributed by atoms with Crippen molar-refractivity contribution >= 4 is 10.0 Å². The molecule has 1 aliphatic rings. The lowest BCUT2D eigenvalue weighted by atomic mass is 10.0. The zero-order chi connectivity index (χ0) is 16.8. The Labute approximate surface area is 134 Å². The number of hydrogen-bond acceptors (Lipinski definition) is 4. The summed E-state index contributed by atoms with van der Waals surface area (Å²) < 4.78 is 41.7. The van der Waals surface area contributed by atoms with Crippen molar-refractivity contribution in [3.05, 3.63) is 47.7 Å². The van der Waals surface area contributed by atoms with Crippen molar-refractivity contribution in [1.82, 2.24) is 13.9 Å². The lowest BCUT2D eigenvalue weighted by Crippen LogP contribution is -2.32. The number of β-amino-alcohol motifs (C(OH)–C–C–N with tert-alkyl or cyclic N) is 1. The number of nitrogens with zero attached hydrogens (tertiary/aromatic N) is 3. The second kappa shape index (κ2) is 5.70. The van der Waals surface area contributed by atoms with Crippen molar-refractivity contribution in [3.8, 4) is 0 Å². The number of benzene rings is 1. The summed E-state index contributed by atoms with van der Waals surface area (Å²) in [5.74, 6) is 0.198. The van der Waals surface area contributed by atoms with Crippen molar-refractivity contribution in [2.45, 2.75) is 30.5 Å². The van der Waals surface area contributed by atoms with E-state index in [1.54, 1.807) is 30.7 Å². The van der Waals surface area contributed by atoms with E-state index in [1.807, 2.05) is 0 Å². The summed E-state index contributed by atoms with van der Waals surface area (Å²) in [4.78, 5) is 4.09. The van der Waals surface area contributed by atoms with E-state index < -0.39 is 22.2 Å². The van der Waals surface area contributed by atoms with Crippen LogP contribution >= 0.6 is 0 Å². The van der Waals surface area contributed by atoms with E-state index in [4.69, 9.17) is 0 Å². The van der Waals surface area contributed by atoms with Gasteiger partial charge in [0, 0.05) is 19.8 Å². The van der Waals surface area contributed by atoms with Gasteiger partial charge in [0.15, 0.2) is 5.03 Å². The van der Waals surface area contributed by atoms with Crippen LogP contribution in [0.2, 0.25) is 0 Å². The average molecular weight is 339 g/mol. The number of hydrogen-bond donors (Lipinski definition) is 1. The van der Waals surface area contributed by atoms with E-state index in [2.05, 4.69) is 4.98 Å². The molecule has 1 aliphatic heterocycles. The van der Waals surface area contributed by atoms with Gasteiger partial charge in [-0.3, -0.25) is 0 Å². The SMILES string of the molecule is Cc1nc(S(=O)(=O)N2C[C@@H](O)C[C@@H]2c2ccc(F)cc2)cn1C. The predicted molar refractivity (Wildman–Crippen MR) is 81.6 cm³/mol. The minimum absolute atomic E-state index is 0.00000165. The van der Waals surface area contributed by atoms with Gasteiger partial charge >= 0.3 is 0 Å². The van der Waals surface area contributed by atoms with E-state index in [-0.39, 0.29) is 23.8 Å². The smallest absolute Gasteiger partial charge is 0.262 e.